The third kappa shape index (κ3) is 4.16. The number of carbonyl (C=O) groups excluding carboxylic acids is 1. The standard InChI is InChI=1S/C24H21ClF3N5O/c25-13-1-6-19-18(11-13)20(12-21(32-19)24(26,27)28)31-14-2-4-15(5-3-14)33-10-8-17-16(22(29)34)7-9-30-23(17)33/h1,6-12,14-15H,2-5H2,(H2,29,34)(H,31,32). The Balaban J connectivity index is 1.37. The maximum atomic E-state index is 13.4. The van der Waals surface area contributed by atoms with Crippen LogP contribution in [0.5, 0.6) is 0 Å². The van der Waals surface area contributed by atoms with Gasteiger partial charge in [-0.1, -0.05) is 11.6 Å². The molecule has 10 heteroatoms. The minimum atomic E-state index is -4.55. The van der Waals surface area contributed by atoms with E-state index in [1.807, 2.05) is 12.3 Å². The van der Waals surface area contributed by atoms with Crippen LogP contribution in [0.3, 0.4) is 0 Å². The number of hydrogen-bond donors (Lipinski definition) is 2. The number of pyridine rings is 2. The SMILES string of the molecule is NC(=O)c1ccnc2c1ccn2C1CCC(Nc2cc(C(F)(F)F)nc3ccc(Cl)cc23)CC1. The fourth-order valence-corrected chi connectivity index (χ4v) is 4.92. The van der Waals surface area contributed by atoms with Crippen molar-refractivity contribution in [3.05, 3.63) is 65.1 Å². The van der Waals surface area contributed by atoms with Crippen molar-refractivity contribution in [1.82, 2.24) is 14.5 Å². The number of nitrogens with zero attached hydrogens (tertiary/aromatic N) is 3. The zero-order valence-electron chi connectivity index (χ0n) is 17.9. The largest absolute Gasteiger partial charge is 0.433 e. The lowest BCUT2D eigenvalue weighted by Crippen LogP contribution is -2.27. The first-order chi connectivity index (χ1) is 16.2. The molecule has 1 amide bonds. The number of rotatable bonds is 4. The zero-order chi connectivity index (χ0) is 24.0. The van der Waals surface area contributed by atoms with E-state index in [-0.39, 0.29) is 17.6 Å². The van der Waals surface area contributed by atoms with Gasteiger partial charge in [0, 0.05) is 46.0 Å². The van der Waals surface area contributed by atoms with Crippen LogP contribution in [0.15, 0.2) is 48.8 Å². The van der Waals surface area contributed by atoms with E-state index in [9.17, 15) is 18.0 Å². The highest BCUT2D eigenvalue weighted by Gasteiger charge is 2.34. The summed E-state index contributed by atoms with van der Waals surface area (Å²) in [6.07, 6.45) is 2.06. The fourth-order valence-electron chi connectivity index (χ4n) is 4.75. The summed E-state index contributed by atoms with van der Waals surface area (Å²) in [6, 6.07) is 9.34. The van der Waals surface area contributed by atoms with Crippen molar-refractivity contribution in [2.75, 3.05) is 5.32 Å². The molecule has 0 atom stereocenters. The number of hydrogen-bond acceptors (Lipinski definition) is 4. The molecule has 0 unspecified atom stereocenters. The zero-order valence-corrected chi connectivity index (χ0v) is 18.7. The maximum Gasteiger partial charge on any atom is 0.433 e. The molecule has 3 heterocycles. The number of anilines is 1. The highest BCUT2D eigenvalue weighted by Crippen LogP contribution is 2.37. The number of benzene rings is 1. The van der Waals surface area contributed by atoms with Crippen LogP contribution in [0.1, 0.15) is 47.8 Å². The number of alkyl halides is 3. The second-order valence-electron chi connectivity index (χ2n) is 8.55. The van der Waals surface area contributed by atoms with Gasteiger partial charge in [-0.05, 0) is 62.1 Å². The van der Waals surface area contributed by atoms with E-state index in [0.717, 1.165) is 37.1 Å². The lowest BCUT2D eigenvalue weighted by Gasteiger charge is -2.31. The van der Waals surface area contributed by atoms with Gasteiger partial charge in [-0.3, -0.25) is 4.79 Å². The molecule has 0 aliphatic heterocycles. The van der Waals surface area contributed by atoms with E-state index in [1.54, 1.807) is 18.3 Å². The lowest BCUT2D eigenvalue weighted by molar-refractivity contribution is -0.140. The molecule has 0 bridgehead atoms. The smallest absolute Gasteiger partial charge is 0.382 e. The van der Waals surface area contributed by atoms with Gasteiger partial charge in [0.25, 0.3) is 0 Å². The van der Waals surface area contributed by atoms with E-state index in [1.165, 1.54) is 12.1 Å². The molecule has 34 heavy (non-hydrogen) atoms. The Morgan fingerprint density at radius 2 is 1.85 bits per heavy atom. The van der Waals surface area contributed by atoms with E-state index < -0.39 is 17.8 Å². The minimum Gasteiger partial charge on any atom is -0.382 e. The van der Waals surface area contributed by atoms with Crippen molar-refractivity contribution in [1.29, 1.82) is 0 Å². The van der Waals surface area contributed by atoms with Crippen LogP contribution in [-0.2, 0) is 6.18 Å². The van der Waals surface area contributed by atoms with Crippen LogP contribution in [0, 0.1) is 0 Å². The van der Waals surface area contributed by atoms with Crippen LogP contribution in [-0.4, -0.2) is 26.5 Å². The van der Waals surface area contributed by atoms with Crippen LogP contribution in [0.25, 0.3) is 21.9 Å². The second kappa shape index (κ2) is 8.47. The lowest BCUT2D eigenvalue weighted by atomic mass is 9.90. The predicted molar refractivity (Wildman–Crippen MR) is 125 cm³/mol. The van der Waals surface area contributed by atoms with Crippen molar-refractivity contribution in [2.45, 2.75) is 43.9 Å². The molecule has 0 saturated heterocycles. The fraction of sp³-hybridized carbons (Fsp3) is 0.292. The minimum absolute atomic E-state index is 0.00196. The van der Waals surface area contributed by atoms with Gasteiger partial charge in [0.2, 0.25) is 5.91 Å². The van der Waals surface area contributed by atoms with Crippen molar-refractivity contribution in [2.24, 2.45) is 5.73 Å². The van der Waals surface area contributed by atoms with Crippen LogP contribution >= 0.6 is 11.6 Å². The highest BCUT2D eigenvalue weighted by atomic mass is 35.5. The summed E-state index contributed by atoms with van der Waals surface area (Å²) in [5.41, 5.74) is 6.30. The number of fused-ring (bicyclic) bond motifs is 2. The molecule has 5 rings (SSSR count). The molecular weight excluding hydrogens is 467 g/mol. The summed E-state index contributed by atoms with van der Waals surface area (Å²) in [6.45, 7) is 0. The number of nitrogens with two attached hydrogens (primary N) is 1. The first-order valence-corrected chi connectivity index (χ1v) is 11.3. The molecule has 1 aliphatic rings. The van der Waals surface area contributed by atoms with Crippen molar-refractivity contribution in [3.63, 3.8) is 0 Å². The van der Waals surface area contributed by atoms with Gasteiger partial charge in [0.15, 0.2) is 0 Å². The number of primary amides is 1. The van der Waals surface area contributed by atoms with E-state index in [0.29, 0.717) is 27.3 Å². The summed E-state index contributed by atoms with van der Waals surface area (Å²) >= 11 is 6.10. The molecular formula is C24H21ClF3N5O. The van der Waals surface area contributed by atoms with E-state index >= 15 is 0 Å². The molecule has 176 valence electrons. The third-order valence-electron chi connectivity index (χ3n) is 6.39. The van der Waals surface area contributed by atoms with Crippen LogP contribution in [0.4, 0.5) is 18.9 Å². The molecule has 0 spiro atoms. The molecule has 3 N–H and O–H groups in total. The summed E-state index contributed by atoms with van der Waals surface area (Å²) in [5.74, 6) is -0.499. The van der Waals surface area contributed by atoms with Crippen molar-refractivity contribution < 1.29 is 18.0 Å². The van der Waals surface area contributed by atoms with Crippen molar-refractivity contribution in [3.8, 4) is 0 Å². The Hall–Kier alpha value is -3.33. The summed E-state index contributed by atoms with van der Waals surface area (Å²) in [7, 11) is 0. The quantitative estimate of drug-likeness (QED) is 0.372. The monoisotopic (exact) mass is 487 g/mol. The summed E-state index contributed by atoms with van der Waals surface area (Å²) in [5, 5.41) is 5.01. The van der Waals surface area contributed by atoms with Gasteiger partial charge < -0.3 is 15.6 Å². The van der Waals surface area contributed by atoms with Crippen LogP contribution < -0.4 is 11.1 Å². The molecule has 6 nitrogen and oxygen atoms in total. The summed E-state index contributed by atoms with van der Waals surface area (Å²) in [4.78, 5) is 19.9. The van der Waals surface area contributed by atoms with E-state index in [4.69, 9.17) is 17.3 Å². The average molecular weight is 488 g/mol. The first-order valence-electron chi connectivity index (χ1n) is 10.9. The molecule has 3 aromatic heterocycles. The number of aromatic nitrogens is 3. The first kappa shape index (κ1) is 22.5. The predicted octanol–water partition coefficient (Wildman–Crippen LogP) is 5.95. The summed E-state index contributed by atoms with van der Waals surface area (Å²) < 4.78 is 42.3. The van der Waals surface area contributed by atoms with E-state index in [2.05, 4.69) is 19.9 Å². The number of nitrogens with one attached hydrogen (secondary N) is 1. The topological polar surface area (TPSA) is 85.8 Å². The highest BCUT2D eigenvalue weighted by molar-refractivity contribution is 6.31. The Bertz CT molecular complexity index is 1390. The normalized spacial score (nSPS) is 18.9. The van der Waals surface area contributed by atoms with Gasteiger partial charge >= 0.3 is 6.18 Å². The number of carbonyl (C=O) groups is 1. The number of halogens is 4. The van der Waals surface area contributed by atoms with Crippen molar-refractivity contribution >= 4 is 45.1 Å². The van der Waals surface area contributed by atoms with Crippen LogP contribution in [0.2, 0.25) is 5.02 Å². The van der Waals surface area contributed by atoms with Gasteiger partial charge in [-0.25, -0.2) is 9.97 Å². The Morgan fingerprint density at radius 1 is 1.09 bits per heavy atom. The van der Waals surface area contributed by atoms with Gasteiger partial charge in [0.1, 0.15) is 11.3 Å². The molecule has 1 aromatic carbocycles. The maximum absolute atomic E-state index is 13.4. The molecule has 0 radical (unpaired) electrons. The molecule has 1 aliphatic carbocycles. The Labute approximate surface area is 197 Å². The third-order valence-corrected chi connectivity index (χ3v) is 6.63. The van der Waals surface area contributed by atoms with Gasteiger partial charge in [-0.15, -0.1) is 0 Å². The molecule has 1 saturated carbocycles. The van der Waals surface area contributed by atoms with Gasteiger partial charge in [0.05, 0.1) is 11.1 Å². The average Bonchev–Trinajstić information content (AvgIpc) is 3.23. The Morgan fingerprint density at radius 3 is 2.56 bits per heavy atom. The van der Waals surface area contributed by atoms with Gasteiger partial charge in [-0.2, -0.15) is 13.2 Å². The second-order valence-corrected chi connectivity index (χ2v) is 8.98. The Kier molecular flexibility index (Phi) is 5.59. The molecule has 4 aromatic rings. The molecule has 1 fully saturated rings. The number of amides is 1.